The first-order valence-electron chi connectivity index (χ1n) is 6.88. The number of hydrogen-bond acceptors (Lipinski definition) is 5. The summed E-state index contributed by atoms with van der Waals surface area (Å²) >= 11 is 6.15. The molecule has 7 heteroatoms. The van der Waals surface area contributed by atoms with E-state index in [9.17, 15) is 8.42 Å². The van der Waals surface area contributed by atoms with E-state index in [1.165, 1.54) is 0 Å². The predicted molar refractivity (Wildman–Crippen MR) is 81.0 cm³/mol. The van der Waals surface area contributed by atoms with E-state index in [-0.39, 0.29) is 18.1 Å². The van der Waals surface area contributed by atoms with Crippen molar-refractivity contribution in [3.05, 3.63) is 22.7 Å². The lowest BCUT2D eigenvalue weighted by Crippen LogP contribution is -2.14. The molecule has 0 fully saturated rings. The number of benzene rings is 1. The van der Waals surface area contributed by atoms with Gasteiger partial charge < -0.3 is 14.2 Å². The third kappa shape index (κ3) is 4.76. The van der Waals surface area contributed by atoms with E-state index in [4.69, 9.17) is 25.8 Å². The second-order valence-electron chi connectivity index (χ2n) is 4.74. The second kappa shape index (κ2) is 7.33. The molecule has 0 aliphatic carbocycles. The van der Waals surface area contributed by atoms with Crippen LogP contribution in [0, 0.1) is 0 Å². The molecule has 0 amide bonds. The molecule has 1 aliphatic rings. The molecule has 0 saturated carbocycles. The third-order valence-electron chi connectivity index (χ3n) is 2.99. The van der Waals surface area contributed by atoms with E-state index < -0.39 is 9.84 Å². The first kappa shape index (κ1) is 16.4. The van der Waals surface area contributed by atoms with Gasteiger partial charge in [0.25, 0.3) is 0 Å². The molecule has 118 valence electrons. The lowest BCUT2D eigenvalue weighted by atomic mass is 10.2. The van der Waals surface area contributed by atoms with Gasteiger partial charge in [0.2, 0.25) is 0 Å². The van der Waals surface area contributed by atoms with Crippen molar-refractivity contribution in [2.24, 2.45) is 0 Å². The van der Waals surface area contributed by atoms with Crippen molar-refractivity contribution >= 4 is 21.4 Å². The number of sulfone groups is 1. The average molecular weight is 335 g/mol. The largest absolute Gasteiger partial charge is 0.489 e. The van der Waals surface area contributed by atoms with Crippen LogP contribution in [0.3, 0.4) is 0 Å². The van der Waals surface area contributed by atoms with Crippen LogP contribution in [0.2, 0.25) is 5.02 Å². The van der Waals surface area contributed by atoms with E-state index >= 15 is 0 Å². The molecule has 5 nitrogen and oxygen atoms in total. The van der Waals surface area contributed by atoms with E-state index in [0.29, 0.717) is 41.9 Å². The fourth-order valence-electron chi connectivity index (χ4n) is 2.02. The fraction of sp³-hybridized carbons (Fsp3) is 0.571. The Bertz CT molecular complexity index is 585. The van der Waals surface area contributed by atoms with Crippen molar-refractivity contribution < 1.29 is 22.6 Å². The van der Waals surface area contributed by atoms with Crippen LogP contribution in [0.1, 0.15) is 18.9 Å². The van der Waals surface area contributed by atoms with Gasteiger partial charge in [0.15, 0.2) is 21.3 Å². The van der Waals surface area contributed by atoms with Crippen molar-refractivity contribution in [1.82, 2.24) is 0 Å². The van der Waals surface area contributed by atoms with E-state index in [1.54, 1.807) is 12.1 Å². The number of halogens is 1. The molecule has 1 aromatic carbocycles. The maximum absolute atomic E-state index is 12.0. The van der Waals surface area contributed by atoms with Gasteiger partial charge in [-0.3, -0.25) is 0 Å². The average Bonchev–Trinajstić information content (AvgIpc) is 2.64. The zero-order chi connectivity index (χ0) is 15.3. The predicted octanol–water partition coefficient (Wildman–Crippen LogP) is 2.45. The highest BCUT2D eigenvalue weighted by Gasteiger charge is 2.19. The highest BCUT2D eigenvalue weighted by molar-refractivity contribution is 7.90. The summed E-state index contributed by atoms with van der Waals surface area (Å²) in [7, 11) is -3.24. The fourth-order valence-corrected chi connectivity index (χ4v) is 3.50. The van der Waals surface area contributed by atoms with Crippen molar-refractivity contribution in [1.29, 1.82) is 0 Å². The lowest BCUT2D eigenvalue weighted by molar-refractivity contribution is 0.163. The van der Waals surface area contributed by atoms with Crippen LogP contribution >= 0.6 is 11.6 Å². The number of hydrogen-bond donors (Lipinski definition) is 0. The van der Waals surface area contributed by atoms with Crippen LogP contribution in [0.25, 0.3) is 0 Å². The van der Waals surface area contributed by atoms with Gasteiger partial charge in [0.1, 0.15) is 0 Å². The van der Waals surface area contributed by atoms with Crippen LogP contribution in [0.15, 0.2) is 12.1 Å². The highest BCUT2D eigenvalue weighted by Crippen LogP contribution is 2.38. The zero-order valence-corrected chi connectivity index (χ0v) is 13.5. The number of fused-ring (bicyclic) bond motifs is 1. The van der Waals surface area contributed by atoms with Gasteiger partial charge in [0.05, 0.1) is 36.3 Å². The van der Waals surface area contributed by atoms with Gasteiger partial charge in [-0.1, -0.05) is 11.6 Å². The minimum Gasteiger partial charge on any atom is -0.489 e. The first-order chi connectivity index (χ1) is 10.0. The van der Waals surface area contributed by atoms with Crippen LogP contribution in [-0.2, 0) is 20.3 Å². The van der Waals surface area contributed by atoms with E-state index in [1.807, 2.05) is 6.92 Å². The number of ether oxygens (including phenoxy) is 3. The standard InChI is InChI=1S/C14H19ClO5S/c1-2-18-6-7-21(16,17)10-11-8-12(15)14-13(9-11)19-4-3-5-20-14/h8-9H,2-7,10H2,1H3. The molecule has 0 spiro atoms. The van der Waals surface area contributed by atoms with Gasteiger partial charge >= 0.3 is 0 Å². The molecule has 0 radical (unpaired) electrons. The maximum Gasteiger partial charge on any atom is 0.179 e. The molecule has 21 heavy (non-hydrogen) atoms. The van der Waals surface area contributed by atoms with Crippen LogP contribution in [-0.4, -0.2) is 40.6 Å². The summed E-state index contributed by atoms with van der Waals surface area (Å²) in [6.45, 7) is 3.61. The summed E-state index contributed by atoms with van der Waals surface area (Å²) in [6, 6.07) is 3.30. The minimum absolute atomic E-state index is 0.00704. The summed E-state index contributed by atoms with van der Waals surface area (Å²) in [5.74, 6) is 0.906. The van der Waals surface area contributed by atoms with Crippen molar-refractivity contribution in [2.45, 2.75) is 19.1 Å². The van der Waals surface area contributed by atoms with E-state index in [0.717, 1.165) is 6.42 Å². The van der Waals surface area contributed by atoms with E-state index in [2.05, 4.69) is 0 Å². The molecule has 2 rings (SSSR count). The third-order valence-corrected chi connectivity index (χ3v) is 4.83. The Hall–Kier alpha value is -0.980. The van der Waals surface area contributed by atoms with Gasteiger partial charge in [-0.15, -0.1) is 0 Å². The van der Waals surface area contributed by atoms with Crippen LogP contribution in [0.5, 0.6) is 11.5 Å². The summed E-state index contributed by atoms with van der Waals surface area (Å²) < 4.78 is 40.2. The molecule has 1 aromatic rings. The first-order valence-corrected chi connectivity index (χ1v) is 9.08. The highest BCUT2D eigenvalue weighted by atomic mass is 35.5. The Morgan fingerprint density at radius 3 is 2.81 bits per heavy atom. The molecule has 1 aliphatic heterocycles. The van der Waals surface area contributed by atoms with Gasteiger partial charge in [-0.2, -0.15) is 0 Å². The SMILES string of the molecule is CCOCCS(=O)(=O)Cc1cc(Cl)c2c(c1)OCCCO2. The Kier molecular flexibility index (Phi) is 5.72. The summed E-state index contributed by atoms with van der Waals surface area (Å²) in [4.78, 5) is 0. The zero-order valence-electron chi connectivity index (χ0n) is 11.9. The summed E-state index contributed by atoms with van der Waals surface area (Å²) in [6.07, 6.45) is 0.771. The van der Waals surface area contributed by atoms with Gasteiger partial charge in [0, 0.05) is 13.0 Å². The maximum atomic E-state index is 12.0. The minimum atomic E-state index is -3.24. The molecule has 1 heterocycles. The normalized spacial score (nSPS) is 14.8. The molecular weight excluding hydrogens is 316 g/mol. The molecule has 0 bridgehead atoms. The van der Waals surface area contributed by atoms with Crippen molar-refractivity contribution in [3.63, 3.8) is 0 Å². The Morgan fingerprint density at radius 1 is 1.29 bits per heavy atom. The molecule has 0 unspecified atom stereocenters. The van der Waals surface area contributed by atoms with Gasteiger partial charge in [-0.05, 0) is 24.6 Å². The molecule has 0 aromatic heterocycles. The Labute approximate surface area is 130 Å². The summed E-state index contributed by atoms with van der Waals surface area (Å²) in [5, 5.41) is 0.379. The quantitative estimate of drug-likeness (QED) is 0.748. The molecule has 0 atom stereocenters. The Morgan fingerprint density at radius 2 is 2.05 bits per heavy atom. The molecule has 0 saturated heterocycles. The lowest BCUT2D eigenvalue weighted by Gasteiger charge is -2.12. The van der Waals surface area contributed by atoms with Crippen molar-refractivity contribution in [3.8, 4) is 11.5 Å². The van der Waals surface area contributed by atoms with Crippen molar-refractivity contribution in [2.75, 3.05) is 32.2 Å². The van der Waals surface area contributed by atoms with Crippen LogP contribution < -0.4 is 9.47 Å². The monoisotopic (exact) mass is 334 g/mol. The molecule has 0 N–H and O–H groups in total. The number of rotatable bonds is 6. The topological polar surface area (TPSA) is 61.8 Å². The second-order valence-corrected chi connectivity index (χ2v) is 7.34. The Balaban J connectivity index is 2.14. The summed E-state index contributed by atoms with van der Waals surface area (Å²) in [5.41, 5.74) is 0.598. The van der Waals surface area contributed by atoms with Gasteiger partial charge in [-0.25, -0.2) is 8.42 Å². The van der Waals surface area contributed by atoms with Crippen LogP contribution in [0.4, 0.5) is 0 Å². The molecular formula is C14H19ClO5S. The smallest absolute Gasteiger partial charge is 0.179 e.